The van der Waals surface area contributed by atoms with E-state index in [0.29, 0.717) is 30.3 Å². The number of carboxylic acid groups (broad SMARTS) is 1. The molecule has 4 aromatic carbocycles. The first-order valence-corrected chi connectivity index (χ1v) is 13.6. The van der Waals surface area contributed by atoms with Gasteiger partial charge in [-0.1, -0.05) is 86.1 Å². The van der Waals surface area contributed by atoms with Crippen LogP contribution < -0.4 is 9.47 Å². The van der Waals surface area contributed by atoms with E-state index in [1.54, 1.807) is 24.3 Å². The van der Waals surface area contributed by atoms with Gasteiger partial charge in [-0.3, -0.25) is 9.59 Å². The van der Waals surface area contributed by atoms with Crippen molar-refractivity contribution in [3.05, 3.63) is 131 Å². The molecule has 0 heterocycles. The molecule has 0 spiro atoms. The quantitative estimate of drug-likeness (QED) is 0.189. The minimum absolute atomic E-state index is 0.128. The van der Waals surface area contributed by atoms with Crippen molar-refractivity contribution in [3.8, 4) is 11.5 Å². The molecule has 0 unspecified atom stereocenters. The van der Waals surface area contributed by atoms with Crippen molar-refractivity contribution in [3.63, 3.8) is 0 Å². The number of amides is 1. The molecule has 0 fully saturated rings. The fourth-order valence-corrected chi connectivity index (χ4v) is 4.31. The summed E-state index contributed by atoms with van der Waals surface area (Å²) in [5, 5.41) is 9.51. The van der Waals surface area contributed by atoms with E-state index in [1.165, 1.54) is 23.3 Å². The Morgan fingerprint density at radius 2 is 1.30 bits per heavy atom. The van der Waals surface area contributed by atoms with Crippen LogP contribution in [0.5, 0.6) is 11.5 Å². The second-order valence-electron chi connectivity index (χ2n) is 9.71. The predicted molar refractivity (Wildman–Crippen MR) is 155 cm³/mol. The second kappa shape index (κ2) is 14.5. The van der Waals surface area contributed by atoms with Gasteiger partial charge in [0.25, 0.3) is 5.91 Å². The fraction of sp³-hybridized carbons (Fsp3) is 0.235. The van der Waals surface area contributed by atoms with E-state index in [1.807, 2.05) is 54.6 Å². The Labute approximate surface area is 235 Å². The lowest BCUT2D eigenvalue weighted by molar-refractivity contribution is -0.137. The number of ether oxygens (including phenoxy) is 2. The van der Waals surface area contributed by atoms with Crippen LogP contribution in [0.1, 0.15) is 52.4 Å². The Kier molecular flexibility index (Phi) is 10.3. The first-order chi connectivity index (χ1) is 19.5. The zero-order valence-corrected chi connectivity index (χ0v) is 22.8. The summed E-state index contributed by atoms with van der Waals surface area (Å²) in [7, 11) is 0. The third kappa shape index (κ3) is 8.73. The minimum Gasteiger partial charge on any atom is -0.489 e. The van der Waals surface area contributed by atoms with Crippen LogP contribution in [0.2, 0.25) is 0 Å². The summed E-state index contributed by atoms with van der Waals surface area (Å²) >= 11 is 0. The topological polar surface area (TPSA) is 76.1 Å². The number of rotatable bonds is 14. The highest BCUT2D eigenvalue weighted by atomic mass is 16.5. The largest absolute Gasteiger partial charge is 0.489 e. The number of carbonyl (C=O) groups excluding carboxylic acids is 1. The molecule has 0 aromatic heterocycles. The minimum atomic E-state index is -1.08. The average molecular weight is 538 g/mol. The molecule has 4 rings (SSSR count). The molecule has 0 saturated heterocycles. The lowest BCUT2D eigenvalue weighted by atomic mass is 10.1. The Hall–Kier alpha value is -4.58. The molecule has 0 aliphatic carbocycles. The van der Waals surface area contributed by atoms with Crippen LogP contribution in [0.3, 0.4) is 0 Å². The summed E-state index contributed by atoms with van der Waals surface area (Å²) in [5.41, 5.74) is 4.53. The van der Waals surface area contributed by atoms with Crippen LogP contribution in [-0.4, -0.2) is 28.4 Å². The standard InChI is InChI=1S/C34H35NO5/c1-2-3-9-26-16-18-28(19-17-26)25-40-32-15-8-13-30(21-32)34(38)35(23-33(36)37)22-29-12-7-14-31(20-29)39-24-27-10-5-4-6-11-27/h4-8,10-21H,2-3,9,22-25H2,1H3,(H,36,37). The average Bonchev–Trinajstić information content (AvgIpc) is 2.98. The Bertz CT molecular complexity index is 1390. The van der Waals surface area contributed by atoms with E-state index in [0.717, 1.165) is 23.1 Å². The Morgan fingerprint density at radius 3 is 1.98 bits per heavy atom. The zero-order valence-electron chi connectivity index (χ0n) is 22.8. The first-order valence-electron chi connectivity index (χ1n) is 13.6. The van der Waals surface area contributed by atoms with Gasteiger partial charge in [-0.15, -0.1) is 0 Å². The highest BCUT2D eigenvalue weighted by Gasteiger charge is 2.20. The summed E-state index contributed by atoms with van der Waals surface area (Å²) in [5.74, 6) is -0.270. The number of carbonyl (C=O) groups is 2. The number of nitrogens with zero attached hydrogens (tertiary/aromatic N) is 1. The van der Waals surface area contributed by atoms with Gasteiger partial charge in [0.1, 0.15) is 31.3 Å². The van der Waals surface area contributed by atoms with Crippen LogP contribution in [0.4, 0.5) is 0 Å². The molecule has 6 heteroatoms. The maximum atomic E-state index is 13.4. The summed E-state index contributed by atoms with van der Waals surface area (Å²) in [4.78, 5) is 26.3. The lowest BCUT2D eigenvalue weighted by Gasteiger charge is -2.21. The monoisotopic (exact) mass is 537 g/mol. The van der Waals surface area contributed by atoms with Crippen molar-refractivity contribution in [2.75, 3.05) is 6.54 Å². The van der Waals surface area contributed by atoms with Crippen LogP contribution >= 0.6 is 0 Å². The number of aliphatic carboxylic acids is 1. The summed E-state index contributed by atoms with van der Waals surface area (Å²) in [6, 6.07) is 32.4. The third-order valence-corrected chi connectivity index (χ3v) is 6.46. The van der Waals surface area contributed by atoms with E-state index >= 15 is 0 Å². The van der Waals surface area contributed by atoms with Crippen molar-refractivity contribution in [1.29, 1.82) is 0 Å². The number of carboxylic acids is 1. The van der Waals surface area contributed by atoms with Crippen molar-refractivity contribution >= 4 is 11.9 Å². The Balaban J connectivity index is 1.40. The van der Waals surface area contributed by atoms with Gasteiger partial charge >= 0.3 is 5.97 Å². The second-order valence-corrected chi connectivity index (χ2v) is 9.71. The molecule has 4 aromatic rings. The molecule has 0 atom stereocenters. The number of hydrogen-bond acceptors (Lipinski definition) is 4. The van der Waals surface area contributed by atoms with E-state index < -0.39 is 12.5 Å². The van der Waals surface area contributed by atoms with Gasteiger partial charge in [0.05, 0.1) is 0 Å². The van der Waals surface area contributed by atoms with Crippen LogP contribution in [0.15, 0.2) is 103 Å². The van der Waals surface area contributed by atoms with Gasteiger partial charge < -0.3 is 19.5 Å². The number of benzene rings is 4. The van der Waals surface area contributed by atoms with Gasteiger partial charge in [0.15, 0.2) is 0 Å². The summed E-state index contributed by atoms with van der Waals surface area (Å²) in [6.07, 6.45) is 3.40. The highest BCUT2D eigenvalue weighted by molar-refractivity contribution is 5.96. The maximum Gasteiger partial charge on any atom is 0.323 e. The van der Waals surface area contributed by atoms with Gasteiger partial charge in [0, 0.05) is 12.1 Å². The smallest absolute Gasteiger partial charge is 0.323 e. The molecule has 0 bridgehead atoms. The fourth-order valence-electron chi connectivity index (χ4n) is 4.31. The lowest BCUT2D eigenvalue weighted by Crippen LogP contribution is -2.35. The van der Waals surface area contributed by atoms with Gasteiger partial charge in [-0.2, -0.15) is 0 Å². The normalized spacial score (nSPS) is 10.6. The Morgan fingerprint density at radius 1 is 0.700 bits per heavy atom. The molecule has 0 aliphatic rings. The first kappa shape index (κ1) is 28.4. The number of hydrogen-bond donors (Lipinski definition) is 1. The maximum absolute atomic E-state index is 13.4. The van der Waals surface area contributed by atoms with Gasteiger partial charge in [-0.25, -0.2) is 0 Å². The SMILES string of the molecule is CCCCc1ccc(COc2cccc(C(=O)N(CC(=O)O)Cc3cccc(OCc4ccccc4)c3)c2)cc1. The molecular weight excluding hydrogens is 502 g/mol. The van der Waals surface area contributed by atoms with Crippen LogP contribution in [0, 0.1) is 0 Å². The van der Waals surface area contributed by atoms with Crippen molar-refractivity contribution in [2.24, 2.45) is 0 Å². The molecule has 40 heavy (non-hydrogen) atoms. The van der Waals surface area contributed by atoms with Gasteiger partial charge in [0.2, 0.25) is 0 Å². The summed E-state index contributed by atoms with van der Waals surface area (Å²) < 4.78 is 11.9. The van der Waals surface area contributed by atoms with Crippen molar-refractivity contribution in [2.45, 2.75) is 45.9 Å². The number of aryl methyl sites for hydroxylation is 1. The number of unbranched alkanes of at least 4 members (excludes halogenated alkanes) is 1. The van der Waals surface area contributed by atoms with E-state index in [2.05, 4.69) is 31.2 Å². The third-order valence-electron chi connectivity index (χ3n) is 6.46. The molecule has 6 nitrogen and oxygen atoms in total. The molecule has 1 N–H and O–H groups in total. The zero-order chi connectivity index (χ0) is 28.2. The molecule has 0 radical (unpaired) electrons. The van der Waals surface area contributed by atoms with E-state index in [9.17, 15) is 14.7 Å². The molecule has 206 valence electrons. The van der Waals surface area contributed by atoms with Gasteiger partial charge in [-0.05, 0) is 65.4 Å². The highest BCUT2D eigenvalue weighted by Crippen LogP contribution is 2.20. The predicted octanol–water partition coefficient (Wildman–Crippen LogP) is 6.91. The van der Waals surface area contributed by atoms with Crippen LogP contribution in [-0.2, 0) is 31.0 Å². The van der Waals surface area contributed by atoms with Crippen molar-refractivity contribution in [1.82, 2.24) is 4.90 Å². The molecule has 0 saturated carbocycles. The van der Waals surface area contributed by atoms with Crippen LogP contribution in [0.25, 0.3) is 0 Å². The molecule has 1 amide bonds. The summed E-state index contributed by atoms with van der Waals surface area (Å²) in [6.45, 7) is 2.67. The molecule has 0 aliphatic heterocycles. The van der Waals surface area contributed by atoms with E-state index in [4.69, 9.17) is 9.47 Å². The van der Waals surface area contributed by atoms with Crippen molar-refractivity contribution < 1.29 is 24.2 Å². The van der Waals surface area contributed by atoms with E-state index in [-0.39, 0.29) is 12.5 Å². The molecular formula is C34H35NO5.